The fourth-order valence-electron chi connectivity index (χ4n) is 2.91. The maximum absolute atomic E-state index is 12.4. The number of hydrogen-bond donors (Lipinski definition) is 1. The minimum Gasteiger partial charge on any atom is -0.462 e. The minimum absolute atomic E-state index is 0. The molecule has 3 aromatic rings. The number of anilines is 1. The van der Waals surface area contributed by atoms with E-state index in [-0.39, 0.29) is 18.4 Å². The number of benzene rings is 2. The third kappa shape index (κ3) is 4.71. The highest BCUT2D eigenvalue weighted by Gasteiger charge is 2.18. The van der Waals surface area contributed by atoms with Gasteiger partial charge in [0.2, 0.25) is 0 Å². The Bertz CT molecular complexity index is 930. The molecule has 1 aromatic heterocycles. The van der Waals surface area contributed by atoms with Crippen molar-refractivity contribution >= 4 is 46.6 Å². The molecule has 0 unspecified atom stereocenters. The summed E-state index contributed by atoms with van der Waals surface area (Å²) in [7, 11) is 0. The second kappa shape index (κ2) is 9.58. The molecule has 0 atom stereocenters. The largest absolute Gasteiger partial charge is 0.462 e. The summed E-state index contributed by atoms with van der Waals surface area (Å²) in [6.45, 7) is 4.73. The third-order valence-electron chi connectivity index (χ3n) is 4.28. The van der Waals surface area contributed by atoms with Crippen LogP contribution in [-0.4, -0.2) is 24.1 Å². The van der Waals surface area contributed by atoms with Gasteiger partial charge in [-0.3, -0.25) is 4.98 Å². The zero-order valence-corrected chi connectivity index (χ0v) is 16.9. The quantitative estimate of drug-likeness (QED) is 0.554. The van der Waals surface area contributed by atoms with Crippen LogP contribution in [0.1, 0.15) is 28.4 Å². The smallest absolute Gasteiger partial charge is 0.341 e. The lowest BCUT2D eigenvalue weighted by atomic mass is 10.1. The van der Waals surface area contributed by atoms with Gasteiger partial charge in [0, 0.05) is 23.2 Å². The molecule has 1 N–H and O–H groups in total. The first-order valence-electron chi connectivity index (χ1n) is 8.64. The fourth-order valence-corrected chi connectivity index (χ4v) is 3.07. The van der Waals surface area contributed by atoms with Crippen LogP contribution in [0.5, 0.6) is 0 Å². The maximum Gasteiger partial charge on any atom is 0.341 e. The van der Waals surface area contributed by atoms with Crippen molar-refractivity contribution in [1.82, 2.24) is 4.98 Å². The molecule has 0 radical (unpaired) electrons. The number of aryl methyl sites for hydroxylation is 1. The summed E-state index contributed by atoms with van der Waals surface area (Å²) < 4.78 is 5.19. The van der Waals surface area contributed by atoms with Gasteiger partial charge in [0.1, 0.15) is 5.56 Å². The molecule has 0 fully saturated rings. The normalized spacial score (nSPS) is 10.3. The van der Waals surface area contributed by atoms with E-state index in [1.165, 1.54) is 5.56 Å². The average molecular weight is 405 g/mol. The van der Waals surface area contributed by atoms with Crippen LogP contribution in [0.3, 0.4) is 0 Å². The second-order valence-corrected chi connectivity index (χ2v) is 6.41. The predicted octanol–water partition coefficient (Wildman–Crippen LogP) is 5.45. The molecular weight excluding hydrogens is 383 g/mol. The fraction of sp³-hybridized carbons (Fsp3) is 0.238. The lowest BCUT2D eigenvalue weighted by Crippen LogP contribution is -2.13. The Kier molecular flexibility index (Phi) is 7.45. The Morgan fingerprint density at radius 2 is 1.93 bits per heavy atom. The van der Waals surface area contributed by atoms with Gasteiger partial charge in [0.15, 0.2) is 0 Å². The van der Waals surface area contributed by atoms with E-state index in [9.17, 15) is 4.79 Å². The molecule has 0 spiro atoms. The van der Waals surface area contributed by atoms with Crippen LogP contribution in [0.4, 0.5) is 5.69 Å². The second-order valence-electron chi connectivity index (χ2n) is 6.00. The van der Waals surface area contributed by atoms with E-state index in [4.69, 9.17) is 16.3 Å². The van der Waals surface area contributed by atoms with Crippen LogP contribution in [0.15, 0.2) is 48.7 Å². The number of carbonyl (C=O) groups is 1. The van der Waals surface area contributed by atoms with Crippen molar-refractivity contribution in [2.24, 2.45) is 0 Å². The number of nitrogens with one attached hydrogen (secondary N) is 1. The number of halogens is 2. The van der Waals surface area contributed by atoms with E-state index in [1.54, 1.807) is 13.1 Å². The van der Waals surface area contributed by atoms with Crippen LogP contribution in [0, 0.1) is 6.92 Å². The molecule has 0 aliphatic rings. The number of ether oxygens (including phenoxy) is 1. The van der Waals surface area contributed by atoms with E-state index in [0.29, 0.717) is 23.7 Å². The van der Waals surface area contributed by atoms with Crippen molar-refractivity contribution in [3.05, 3.63) is 70.4 Å². The molecule has 0 aliphatic carbocycles. The van der Waals surface area contributed by atoms with Gasteiger partial charge in [0.25, 0.3) is 0 Å². The highest BCUT2D eigenvalue weighted by atomic mass is 35.5. The maximum atomic E-state index is 12.4. The summed E-state index contributed by atoms with van der Waals surface area (Å²) >= 11 is 6.22. The summed E-state index contributed by atoms with van der Waals surface area (Å²) in [5.74, 6) is -0.378. The van der Waals surface area contributed by atoms with Crippen molar-refractivity contribution < 1.29 is 9.53 Å². The van der Waals surface area contributed by atoms with Crippen molar-refractivity contribution in [3.63, 3.8) is 0 Å². The van der Waals surface area contributed by atoms with E-state index in [1.807, 2.05) is 37.3 Å². The molecular formula is C21H22Cl2N2O2. The summed E-state index contributed by atoms with van der Waals surface area (Å²) in [6.07, 6.45) is 2.41. The first-order valence-corrected chi connectivity index (χ1v) is 9.02. The van der Waals surface area contributed by atoms with Gasteiger partial charge < -0.3 is 10.1 Å². The Balaban J connectivity index is 0.00000261. The van der Waals surface area contributed by atoms with Gasteiger partial charge in [-0.25, -0.2) is 4.79 Å². The average Bonchev–Trinajstić information content (AvgIpc) is 2.66. The zero-order chi connectivity index (χ0) is 18.5. The number of carbonyl (C=O) groups excluding carboxylic acids is 1. The van der Waals surface area contributed by atoms with Crippen LogP contribution in [0.2, 0.25) is 5.02 Å². The molecule has 142 valence electrons. The van der Waals surface area contributed by atoms with E-state index in [2.05, 4.69) is 22.4 Å². The lowest BCUT2D eigenvalue weighted by molar-refractivity contribution is 0.0527. The summed E-state index contributed by atoms with van der Waals surface area (Å²) in [4.78, 5) is 16.8. The Hall–Kier alpha value is -2.30. The number of esters is 1. The van der Waals surface area contributed by atoms with Gasteiger partial charge in [-0.2, -0.15) is 0 Å². The van der Waals surface area contributed by atoms with Gasteiger partial charge in [0.05, 0.1) is 17.8 Å². The number of pyridine rings is 1. The molecule has 6 heteroatoms. The first-order chi connectivity index (χ1) is 12.6. The molecule has 1 heterocycles. The van der Waals surface area contributed by atoms with Crippen molar-refractivity contribution in [2.45, 2.75) is 20.3 Å². The van der Waals surface area contributed by atoms with E-state index in [0.717, 1.165) is 28.6 Å². The van der Waals surface area contributed by atoms with Crippen molar-refractivity contribution in [3.8, 4) is 0 Å². The third-order valence-corrected chi connectivity index (χ3v) is 4.69. The highest BCUT2D eigenvalue weighted by molar-refractivity contribution is 6.32. The molecule has 0 bridgehead atoms. The Morgan fingerprint density at radius 1 is 1.19 bits per heavy atom. The monoisotopic (exact) mass is 404 g/mol. The molecule has 0 saturated carbocycles. The number of nitrogens with zero attached hydrogens (tertiary/aromatic N) is 1. The van der Waals surface area contributed by atoms with Crippen LogP contribution >= 0.6 is 24.0 Å². The SMILES string of the molecule is CCOC(=O)c1cnc2c(C)c(Cl)ccc2c1NCCc1ccccc1.Cl. The number of rotatable bonds is 6. The summed E-state index contributed by atoms with van der Waals surface area (Å²) in [6, 6.07) is 13.9. The van der Waals surface area contributed by atoms with Gasteiger partial charge in [-0.1, -0.05) is 41.9 Å². The minimum atomic E-state index is -0.378. The van der Waals surface area contributed by atoms with Crippen molar-refractivity contribution in [1.29, 1.82) is 0 Å². The van der Waals surface area contributed by atoms with E-state index < -0.39 is 0 Å². The molecule has 27 heavy (non-hydrogen) atoms. The molecule has 2 aromatic carbocycles. The van der Waals surface area contributed by atoms with Crippen LogP contribution in [-0.2, 0) is 11.2 Å². The summed E-state index contributed by atoms with van der Waals surface area (Å²) in [5, 5.41) is 4.93. The number of aromatic nitrogens is 1. The predicted molar refractivity (Wildman–Crippen MR) is 113 cm³/mol. The van der Waals surface area contributed by atoms with Crippen LogP contribution < -0.4 is 5.32 Å². The topological polar surface area (TPSA) is 51.2 Å². The molecule has 4 nitrogen and oxygen atoms in total. The molecule has 3 rings (SSSR count). The van der Waals surface area contributed by atoms with Crippen LogP contribution in [0.25, 0.3) is 10.9 Å². The molecule has 0 amide bonds. The zero-order valence-electron chi connectivity index (χ0n) is 15.3. The summed E-state index contributed by atoms with van der Waals surface area (Å²) in [5.41, 5.74) is 4.09. The Morgan fingerprint density at radius 3 is 2.63 bits per heavy atom. The standard InChI is InChI=1S/C21H21ClN2O2.ClH/c1-3-26-21(25)17-13-24-19-14(2)18(22)10-9-16(19)20(17)23-12-11-15-7-5-4-6-8-15;/h4-10,13H,3,11-12H2,1-2H3,(H,23,24);1H. The Labute approximate surface area is 170 Å². The van der Waals surface area contributed by atoms with Gasteiger partial charge >= 0.3 is 5.97 Å². The number of fused-ring (bicyclic) bond motifs is 1. The lowest BCUT2D eigenvalue weighted by Gasteiger charge is -2.15. The molecule has 0 saturated heterocycles. The van der Waals surface area contributed by atoms with E-state index >= 15 is 0 Å². The molecule has 0 aliphatic heterocycles. The van der Waals surface area contributed by atoms with Crippen molar-refractivity contribution in [2.75, 3.05) is 18.5 Å². The first kappa shape index (κ1) is 21.0. The van der Waals surface area contributed by atoms with Gasteiger partial charge in [-0.15, -0.1) is 12.4 Å². The number of hydrogen-bond acceptors (Lipinski definition) is 4. The highest BCUT2D eigenvalue weighted by Crippen LogP contribution is 2.31. The van der Waals surface area contributed by atoms with Gasteiger partial charge in [-0.05, 0) is 43.5 Å².